The molecule has 0 radical (unpaired) electrons. The summed E-state index contributed by atoms with van der Waals surface area (Å²) < 4.78 is 57.3. The van der Waals surface area contributed by atoms with Crippen LogP contribution >= 0.6 is 0 Å². The van der Waals surface area contributed by atoms with Crippen LogP contribution in [-0.4, -0.2) is 25.9 Å². The van der Waals surface area contributed by atoms with Gasteiger partial charge >= 0.3 is 6.18 Å². The Labute approximate surface area is 212 Å². The van der Waals surface area contributed by atoms with Gasteiger partial charge in [-0.3, -0.25) is 14.6 Å². The normalized spacial score (nSPS) is 13.1. The number of rotatable bonds is 6. The fourth-order valence-corrected chi connectivity index (χ4v) is 4.58. The maximum Gasteiger partial charge on any atom is 0.416 e. The second kappa shape index (κ2) is 10.6. The van der Waals surface area contributed by atoms with Crippen molar-refractivity contribution in [1.29, 1.82) is 5.26 Å². The maximum atomic E-state index is 13.4. The van der Waals surface area contributed by atoms with Crippen LogP contribution < -0.4 is 10.7 Å². The minimum atomic E-state index is -4.59. The van der Waals surface area contributed by atoms with Gasteiger partial charge in [-0.25, -0.2) is 4.21 Å². The van der Waals surface area contributed by atoms with Crippen LogP contribution in [0.25, 0.3) is 11.1 Å². The molecule has 2 aromatic heterocycles. The van der Waals surface area contributed by atoms with E-state index >= 15 is 0 Å². The molecule has 0 aliphatic rings. The number of amides is 1. The molecular formula is C25H24F3N5O3S. The third kappa shape index (κ3) is 6.06. The molecule has 3 rings (SSSR count). The summed E-state index contributed by atoms with van der Waals surface area (Å²) in [5, 5.41) is 11.3. The highest BCUT2D eigenvalue weighted by molar-refractivity contribution is 7.93. The van der Waals surface area contributed by atoms with Crippen LogP contribution in [0.4, 0.5) is 13.2 Å². The Bertz CT molecular complexity index is 1560. The molecule has 0 spiro atoms. The Balaban J connectivity index is 1.98. The van der Waals surface area contributed by atoms with Crippen molar-refractivity contribution in [3.63, 3.8) is 0 Å². The lowest BCUT2D eigenvalue weighted by atomic mass is 9.98. The molecule has 0 aliphatic heterocycles. The lowest BCUT2D eigenvalue weighted by Crippen LogP contribution is -2.31. The summed E-state index contributed by atoms with van der Waals surface area (Å²) in [6, 6.07) is 7.22. The van der Waals surface area contributed by atoms with Crippen molar-refractivity contribution in [3.05, 3.63) is 81.5 Å². The van der Waals surface area contributed by atoms with Crippen LogP contribution in [0.3, 0.4) is 0 Å². The number of carbonyl (C=O) groups excluding carboxylic acids is 1. The molecule has 0 fully saturated rings. The van der Waals surface area contributed by atoms with Crippen molar-refractivity contribution >= 4 is 15.6 Å². The minimum absolute atomic E-state index is 0.00822. The molecule has 8 nitrogen and oxygen atoms in total. The SMILES string of the molecule is Cc1c(-c2cccc(C(F)(F)F)c2)c(=O)c(C(=O)NCc2ccc(S(C)(=O)=NC#N)cn2)cn1C(C)C. The molecule has 0 saturated carbocycles. The number of nitrogens with zero attached hydrogens (tertiary/aromatic N) is 4. The number of pyridine rings is 2. The van der Waals surface area contributed by atoms with Crippen molar-refractivity contribution < 1.29 is 22.2 Å². The summed E-state index contributed by atoms with van der Waals surface area (Å²) in [7, 11) is -2.92. The van der Waals surface area contributed by atoms with Gasteiger partial charge in [0.15, 0.2) is 0 Å². The highest BCUT2D eigenvalue weighted by atomic mass is 32.2. The van der Waals surface area contributed by atoms with Crippen molar-refractivity contribution in [3.8, 4) is 17.3 Å². The van der Waals surface area contributed by atoms with Crippen molar-refractivity contribution in [2.24, 2.45) is 4.36 Å². The topological polar surface area (TPSA) is 117 Å². The number of aromatic nitrogens is 2. The van der Waals surface area contributed by atoms with Crippen molar-refractivity contribution in [2.45, 2.75) is 44.4 Å². The van der Waals surface area contributed by atoms with Crippen LogP contribution in [0, 0.1) is 18.4 Å². The first-order chi connectivity index (χ1) is 17.3. The van der Waals surface area contributed by atoms with E-state index in [1.54, 1.807) is 11.5 Å². The van der Waals surface area contributed by atoms with Gasteiger partial charge in [-0.2, -0.15) is 18.4 Å². The van der Waals surface area contributed by atoms with E-state index < -0.39 is 32.8 Å². The van der Waals surface area contributed by atoms with E-state index in [1.165, 1.54) is 49.1 Å². The fourth-order valence-electron chi connectivity index (χ4n) is 3.75. The molecular weight excluding hydrogens is 507 g/mol. The average molecular weight is 532 g/mol. The van der Waals surface area contributed by atoms with Crippen LogP contribution in [0.5, 0.6) is 0 Å². The van der Waals surface area contributed by atoms with Gasteiger partial charge < -0.3 is 9.88 Å². The van der Waals surface area contributed by atoms with E-state index in [2.05, 4.69) is 14.7 Å². The smallest absolute Gasteiger partial charge is 0.348 e. The molecule has 37 heavy (non-hydrogen) atoms. The Morgan fingerprint density at radius 1 is 1.27 bits per heavy atom. The highest BCUT2D eigenvalue weighted by Crippen LogP contribution is 2.32. The third-order valence-electron chi connectivity index (χ3n) is 5.65. The molecule has 1 atom stereocenters. The molecule has 12 heteroatoms. The van der Waals surface area contributed by atoms with E-state index in [9.17, 15) is 27.0 Å². The maximum absolute atomic E-state index is 13.4. The standard InChI is InChI=1S/C25H24F3N5O3S/c1-15(2)33-13-21(23(34)22(16(33)3)17-6-5-7-18(10-17)25(26,27)28)24(35)31-11-19-8-9-20(12-30-19)37(4,36)32-14-29/h5-10,12-13,15H,11H2,1-4H3,(H,31,35). The molecule has 0 aliphatic carbocycles. The summed E-state index contributed by atoms with van der Waals surface area (Å²) in [5.74, 6) is -0.725. The first-order valence-electron chi connectivity index (χ1n) is 11.0. The van der Waals surface area contributed by atoms with Gasteiger partial charge in [0.05, 0.1) is 32.4 Å². The molecule has 194 valence electrons. The zero-order valence-electron chi connectivity index (χ0n) is 20.5. The van der Waals surface area contributed by atoms with Crippen LogP contribution in [-0.2, 0) is 22.5 Å². The quantitative estimate of drug-likeness (QED) is 0.463. The summed E-state index contributed by atoms with van der Waals surface area (Å²) in [6.07, 6.45) is 0.889. The number of nitriles is 1. The van der Waals surface area contributed by atoms with E-state index in [0.29, 0.717) is 11.4 Å². The Hall–Kier alpha value is -3.98. The number of hydrogen-bond donors (Lipinski definition) is 1. The van der Waals surface area contributed by atoms with Crippen LogP contribution in [0.2, 0.25) is 0 Å². The second-order valence-electron chi connectivity index (χ2n) is 8.57. The lowest BCUT2D eigenvalue weighted by Gasteiger charge is -2.20. The summed E-state index contributed by atoms with van der Waals surface area (Å²) in [6.45, 7) is 5.19. The van der Waals surface area contributed by atoms with Gasteiger partial charge in [0.1, 0.15) is 5.56 Å². The predicted octanol–water partition coefficient (Wildman–Crippen LogP) is 4.69. The van der Waals surface area contributed by atoms with Gasteiger partial charge in [0.2, 0.25) is 11.6 Å². The van der Waals surface area contributed by atoms with Crippen LogP contribution in [0.1, 0.15) is 47.2 Å². The molecule has 0 saturated heterocycles. The van der Waals surface area contributed by atoms with Crippen molar-refractivity contribution in [1.82, 2.24) is 14.9 Å². The van der Waals surface area contributed by atoms with Gasteiger partial charge in [-0.15, -0.1) is 4.36 Å². The average Bonchev–Trinajstić information content (AvgIpc) is 2.82. The number of carbonyl (C=O) groups is 1. The first kappa shape index (κ1) is 27.6. The Morgan fingerprint density at radius 3 is 2.54 bits per heavy atom. The van der Waals surface area contributed by atoms with Crippen molar-refractivity contribution in [2.75, 3.05) is 6.26 Å². The fraction of sp³-hybridized carbons (Fsp3) is 0.280. The van der Waals surface area contributed by atoms with Gasteiger partial charge in [-0.1, -0.05) is 12.1 Å². The predicted molar refractivity (Wildman–Crippen MR) is 132 cm³/mol. The number of hydrogen-bond acceptors (Lipinski definition) is 6. The highest BCUT2D eigenvalue weighted by Gasteiger charge is 2.31. The lowest BCUT2D eigenvalue weighted by molar-refractivity contribution is -0.137. The monoisotopic (exact) mass is 531 g/mol. The molecule has 0 bridgehead atoms. The minimum Gasteiger partial charge on any atom is -0.348 e. The van der Waals surface area contributed by atoms with E-state index in [1.807, 2.05) is 13.8 Å². The summed E-state index contributed by atoms with van der Waals surface area (Å²) in [5.41, 5.74) is -0.940. The molecule has 1 amide bonds. The summed E-state index contributed by atoms with van der Waals surface area (Å²) in [4.78, 5) is 30.7. The summed E-state index contributed by atoms with van der Waals surface area (Å²) >= 11 is 0. The largest absolute Gasteiger partial charge is 0.416 e. The van der Waals surface area contributed by atoms with E-state index in [4.69, 9.17) is 5.26 Å². The molecule has 3 aromatic rings. The third-order valence-corrected chi connectivity index (χ3v) is 7.19. The molecule has 1 unspecified atom stereocenters. The first-order valence-corrected chi connectivity index (χ1v) is 13.0. The zero-order chi connectivity index (χ0) is 27.5. The van der Waals surface area contributed by atoms with Gasteiger partial charge in [-0.05, 0) is 50.6 Å². The number of halogens is 3. The second-order valence-corrected chi connectivity index (χ2v) is 10.8. The van der Waals surface area contributed by atoms with E-state index in [-0.39, 0.29) is 34.2 Å². The Kier molecular flexibility index (Phi) is 7.88. The molecule has 1 N–H and O–H groups in total. The Morgan fingerprint density at radius 2 is 1.97 bits per heavy atom. The molecule has 1 aromatic carbocycles. The van der Waals surface area contributed by atoms with Gasteiger partial charge in [0.25, 0.3) is 5.91 Å². The van der Waals surface area contributed by atoms with Crippen LogP contribution in [0.15, 0.2) is 62.8 Å². The number of nitrogens with one attached hydrogen (secondary N) is 1. The number of benzene rings is 1. The molecule has 2 heterocycles. The van der Waals surface area contributed by atoms with E-state index in [0.717, 1.165) is 12.1 Å². The number of alkyl halides is 3. The zero-order valence-corrected chi connectivity index (χ0v) is 21.3. The van der Waals surface area contributed by atoms with Gasteiger partial charge in [0, 0.05) is 35.9 Å².